The van der Waals surface area contributed by atoms with Crippen molar-refractivity contribution in [1.82, 2.24) is 10.2 Å². The summed E-state index contributed by atoms with van der Waals surface area (Å²) in [6.45, 7) is 3.72. The second kappa shape index (κ2) is 10.1. The van der Waals surface area contributed by atoms with Crippen LogP contribution in [0.4, 0.5) is 0 Å². The van der Waals surface area contributed by atoms with Crippen molar-refractivity contribution in [3.63, 3.8) is 0 Å². The van der Waals surface area contributed by atoms with Gasteiger partial charge in [-0.25, -0.2) is 4.79 Å². The lowest BCUT2D eigenvalue weighted by Crippen LogP contribution is -2.55. The van der Waals surface area contributed by atoms with E-state index in [1.54, 1.807) is 18.7 Å². The smallest absolute Gasteiger partial charge is 0.326 e. The van der Waals surface area contributed by atoms with E-state index in [1.807, 2.05) is 30.3 Å². The first-order valence-corrected chi connectivity index (χ1v) is 10.9. The van der Waals surface area contributed by atoms with Gasteiger partial charge in [-0.3, -0.25) is 14.9 Å². The van der Waals surface area contributed by atoms with Crippen molar-refractivity contribution in [2.75, 3.05) is 6.61 Å². The first-order chi connectivity index (χ1) is 14.4. The molecule has 5 atom stereocenters. The van der Waals surface area contributed by atoms with E-state index in [0.29, 0.717) is 19.3 Å². The summed E-state index contributed by atoms with van der Waals surface area (Å²) in [5, 5.41) is 12.8. The molecule has 2 fully saturated rings. The minimum Gasteiger partial charge on any atom is -0.480 e. The van der Waals surface area contributed by atoms with Crippen LogP contribution in [0.1, 0.15) is 51.5 Å². The van der Waals surface area contributed by atoms with E-state index in [1.165, 1.54) is 0 Å². The lowest BCUT2D eigenvalue weighted by atomic mass is 10.0. The fourth-order valence-corrected chi connectivity index (χ4v) is 4.89. The SMILES string of the molecule is CCOC(=O)[C@H](CCc1ccccc1)N[C@H](C)C(=O)N1[C@@H]2CCC[C@H]2C[C@H]1C(=O)O. The van der Waals surface area contributed by atoms with Crippen molar-refractivity contribution in [2.24, 2.45) is 5.92 Å². The van der Waals surface area contributed by atoms with E-state index in [4.69, 9.17) is 4.74 Å². The maximum atomic E-state index is 13.2. The van der Waals surface area contributed by atoms with Crippen LogP contribution in [0.5, 0.6) is 0 Å². The Labute approximate surface area is 177 Å². The van der Waals surface area contributed by atoms with Gasteiger partial charge >= 0.3 is 11.9 Å². The van der Waals surface area contributed by atoms with Crippen LogP contribution in [0.2, 0.25) is 0 Å². The Hall–Kier alpha value is -2.41. The van der Waals surface area contributed by atoms with Crippen LogP contribution in [0, 0.1) is 5.92 Å². The standard InChI is InChI=1S/C23H32N2O5/c1-3-30-23(29)18(13-12-16-8-5-4-6-9-16)24-15(2)21(26)25-19-11-7-10-17(19)14-20(25)22(27)28/h4-6,8-9,15,17-20,24H,3,7,10-14H2,1-2H3,(H,27,28)/t15-,17+,18+,19-,20+/m1/s1. The second-order valence-corrected chi connectivity index (χ2v) is 8.31. The highest BCUT2D eigenvalue weighted by atomic mass is 16.5. The van der Waals surface area contributed by atoms with Crippen LogP contribution in [-0.2, 0) is 25.5 Å². The Morgan fingerprint density at radius 2 is 1.97 bits per heavy atom. The molecule has 2 aliphatic rings. The number of likely N-dealkylation sites (tertiary alicyclic amines) is 1. The third-order valence-electron chi connectivity index (χ3n) is 6.33. The molecular formula is C23H32N2O5. The summed E-state index contributed by atoms with van der Waals surface area (Å²) < 4.78 is 5.21. The van der Waals surface area contributed by atoms with Crippen molar-refractivity contribution in [3.05, 3.63) is 35.9 Å². The predicted octanol–water partition coefficient (Wildman–Crippen LogP) is 2.38. The zero-order valence-electron chi connectivity index (χ0n) is 17.8. The number of aliphatic carboxylic acids is 1. The quantitative estimate of drug-likeness (QED) is 0.600. The van der Waals surface area contributed by atoms with Gasteiger partial charge < -0.3 is 14.7 Å². The number of nitrogens with zero attached hydrogens (tertiary/aromatic N) is 1. The van der Waals surface area contributed by atoms with Gasteiger partial charge in [0.05, 0.1) is 12.6 Å². The number of hydrogen-bond acceptors (Lipinski definition) is 5. The Morgan fingerprint density at radius 3 is 2.63 bits per heavy atom. The molecule has 1 amide bonds. The van der Waals surface area contributed by atoms with Gasteiger partial charge in [0, 0.05) is 6.04 Å². The molecule has 1 aromatic rings. The predicted molar refractivity (Wildman–Crippen MR) is 112 cm³/mol. The van der Waals surface area contributed by atoms with Gasteiger partial charge in [-0.15, -0.1) is 0 Å². The number of esters is 1. The molecule has 7 heteroatoms. The number of fused-ring (bicyclic) bond motifs is 1. The highest BCUT2D eigenvalue weighted by Crippen LogP contribution is 2.41. The molecule has 1 heterocycles. The molecule has 3 rings (SSSR count). The number of carbonyl (C=O) groups excluding carboxylic acids is 2. The van der Waals surface area contributed by atoms with Crippen LogP contribution in [0.15, 0.2) is 30.3 Å². The summed E-state index contributed by atoms with van der Waals surface area (Å²) in [5.41, 5.74) is 1.10. The number of rotatable bonds is 9. The van der Waals surface area contributed by atoms with Gasteiger partial charge in [-0.1, -0.05) is 36.8 Å². The Bertz CT molecular complexity index is 753. The number of ether oxygens (including phenoxy) is 1. The molecule has 1 saturated carbocycles. The molecule has 164 valence electrons. The van der Waals surface area contributed by atoms with Crippen LogP contribution in [0.3, 0.4) is 0 Å². The fourth-order valence-electron chi connectivity index (χ4n) is 4.89. The first kappa shape index (κ1) is 22.3. The number of amides is 1. The van der Waals surface area contributed by atoms with Crippen molar-refractivity contribution < 1.29 is 24.2 Å². The summed E-state index contributed by atoms with van der Waals surface area (Å²) in [5.74, 6) is -1.31. The van der Waals surface area contributed by atoms with Crippen LogP contribution in [-0.4, -0.2) is 58.6 Å². The van der Waals surface area contributed by atoms with Crippen LogP contribution >= 0.6 is 0 Å². The molecule has 7 nitrogen and oxygen atoms in total. The number of carbonyl (C=O) groups is 3. The second-order valence-electron chi connectivity index (χ2n) is 8.31. The summed E-state index contributed by atoms with van der Waals surface area (Å²) >= 11 is 0. The third-order valence-corrected chi connectivity index (χ3v) is 6.33. The normalized spacial score (nSPS) is 24.9. The molecule has 0 unspecified atom stereocenters. The average molecular weight is 417 g/mol. The van der Waals surface area contributed by atoms with E-state index < -0.39 is 24.1 Å². The lowest BCUT2D eigenvalue weighted by Gasteiger charge is -2.31. The molecule has 1 aliphatic carbocycles. The number of nitrogens with one attached hydrogen (secondary N) is 1. The Morgan fingerprint density at radius 1 is 1.23 bits per heavy atom. The van der Waals surface area contributed by atoms with Gasteiger partial charge in [0.25, 0.3) is 0 Å². The van der Waals surface area contributed by atoms with Gasteiger partial charge in [0.1, 0.15) is 12.1 Å². The number of benzene rings is 1. The summed E-state index contributed by atoms with van der Waals surface area (Å²) in [7, 11) is 0. The molecular weight excluding hydrogens is 384 g/mol. The molecule has 1 aromatic carbocycles. The third kappa shape index (κ3) is 5.01. The first-order valence-electron chi connectivity index (χ1n) is 10.9. The van der Waals surface area contributed by atoms with E-state index in [2.05, 4.69) is 5.32 Å². The van der Waals surface area contributed by atoms with Crippen LogP contribution in [0.25, 0.3) is 0 Å². The maximum absolute atomic E-state index is 13.2. The molecule has 0 spiro atoms. The molecule has 0 radical (unpaired) electrons. The zero-order chi connectivity index (χ0) is 21.7. The van der Waals surface area contributed by atoms with Crippen LogP contribution < -0.4 is 5.32 Å². The Balaban J connectivity index is 1.68. The van der Waals surface area contributed by atoms with Gasteiger partial charge in [0.2, 0.25) is 5.91 Å². The van der Waals surface area contributed by atoms with E-state index in [9.17, 15) is 19.5 Å². The molecule has 1 aliphatic heterocycles. The maximum Gasteiger partial charge on any atom is 0.326 e. The van der Waals surface area contributed by atoms with E-state index >= 15 is 0 Å². The minimum atomic E-state index is -0.948. The average Bonchev–Trinajstić information content (AvgIpc) is 3.32. The molecule has 0 bridgehead atoms. The van der Waals surface area contributed by atoms with Crippen molar-refractivity contribution in [2.45, 2.75) is 76.5 Å². The summed E-state index contributed by atoms with van der Waals surface area (Å²) in [6, 6.07) is 7.76. The van der Waals surface area contributed by atoms with Crippen molar-refractivity contribution in [3.8, 4) is 0 Å². The van der Waals surface area contributed by atoms with Crippen molar-refractivity contribution in [1.29, 1.82) is 0 Å². The summed E-state index contributed by atoms with van der Waals surface area (Å²) in [6.07, 6.45) is 4.54. The summed E-state index contributed by atoms with van der Waals surface area (Å²) in [4.78, 5) is 39.1. The number of carboxylic acids is 1. The van der Waals surface area contributed by atoms with E-state index in [-0.39, 0.29) is 30.4 Å². The highest BCUT2D eigenvalue weighted by Gasteiger charge is 2.49. The monoisotopic (exact) mass is 416 g/mol. The van der Waals surface area contributed by atoms with Gasteiger partial charge in [0.15, 0.2) is 0 Å². The minimum absolute atomic E-state index is 0.00629. The van der Waals surface area contributed by atoms with Crippen molar-refractivity contribution >= 4 is 17.8 Å². The number of hydrogen-bond donors (Lipinski definition) is 2. The molecule has 0 aromatic heterocycles. The van der Waals surface area contributed by atoms with Gasteiger partial charge in [-0.2, -0.15) is 0 Å². The zero-order valence-corrected chi connectivity index (χ0v) is 17.8. The molecule has 1 saturated heterocycles. The molecule has 2 N–H and O–H groups in total. The molecule has 30 heavy (non-hydrogen) atoms. The van der Waals surface area contributed by atoms with Gasteiger partial charge in [-0.05, 0) is 57.4 Å². The lowest BCUT2D eigenvalue weighted by molar-refractivity contribution is -0.151. The van der Waals surface area contributed by atoms with E-state index in [0.717, 1.165) is 24.8 Å². The number of carboxylic acid groups (broad SMARTS) is 1. The fraction of sp³-hybridized carbons (Fsp3) is 0.609. The number of aryl methyl sites for hydroxylation is 1. The topological polar surface area (TPSA) is 95.9 Å². The highest BCUT2D eigenvalue weighted by molar-refractivity contribution is 5.88. The Kier molecular flexibility index (Phi) is 7.48. The largest absolute Gasteiger partial charge is 0.480 e.